The van der Waals surface area contributed by atoms with Crippen LogP contribution in [0.4, 0.5) is 0 Å². The summed E-state index contributed by atoms with van der Waals surface area (Å²) in [7, 11) is 1.52. The highest BCUT2D eigenvalue weighted by atomic mass is 35.5. The summed E-state index contributed by atoms with van der Waals surface area (Å²) in [6, 6.07) is 4.51. The van der Waals surface area contributed by atoms with Gasteiger partial charge in [-0.05, 0) is 38.0 Å². The van der Waals surface area contributed by atoms with Gasteiger partial charge in [0.1, 0.15) is 5.75 Å². The van der Waals surface area contributed by atoms with Crippen molar-refractivity contribution in [2.75, 3.05) is 7.11 Å². The number of aromatic amines is 1. The van der Waals surface area contributed by atoms with Gasteiger partial charge >= 0.3 is 0 Å². The lowest BCUT2D eigenvalue weighted by molar-refractivity contribution is -0.125. The summed E-state index contributed by atoms with van der Waals surface area (Å²) in [6.45, 7) is 5.63. The lowest BCUT2D eigenvalue weighted by Gasteiger charge is -2.17. The number of methoxy groups -OCH3 is 1. The fourth-order valence-electron chi connectivity index (χ4n) is 2.63. The van der Waals surface area contributed by atoms with Gasteiger partial charge in [0, 0.05) is 11.5 Å². The van der Waals surface area contributed by atoms with Crippen molar-refractivity contribution >= 4 is 17.5 Å². The maximum atomic E-state index is 12.4. The third kappa shape index (κ3) is 4.40. The zero-order chi connectivity index (χ0) is 19.3. The van der Waals surface area contributed by atoms with Crippen molar-refractivity contribution in [1.82, 2.24) is 20.5 Å². The number of carbonyl (C=O) groups is 1. The molecule has 1 amide bonds. The molecule has 0 saturated carbocycles. The van der Waals surface area contributed by atoms with Gasteiger partial charge < -0.3 is 15.0 Å². The Balaban J connectivity index is 2.23. The van der Waals surface area contributed by atoms with E-state index in [0.29, 0.717) is 22.2 Å². The van der Waals surface area contributed by atoms with E-state index in [1.54, 1.807) is 25.1 Å². The zero-order valence-corrected chi connectivity index (χ0v) is 16.1. The number of amides is 1. The van der Waals surface area contributed by atoms with E-state index in [9.17, 15) is 9.59 Å². The number of carbonyl (C=O) groups excluding carboxylic acids is 1. The number of rotatable bonds is 7. The number of H-pyrrole nitrogens is 1. The van der Waals surface area contributed by atoms with Crippen molar-refractivity contribution in [3.8, 4) is 17.1 Å². The highest BCUT2D eigenvalue weighted by Crippen LogP contribution is 2.28. The van der Waals surface area contributed by atoms with Gasteiger partial charge in [0.05, 0.1) is 18.2 Å². The maximum absolute atomic E-state index is 12.4. The second-order valence-electron chi connectivity index (χ2n) is 5.98. The molecule has 1 atom stereocenters. The molecular weight excluding hydrogens is 356 g/mol. The predicted octanol–water partition coefficient (Wildman–Crippen LogP) is 3.11. The molecule has 7 nitrogen and oxygen atoms in total. The molecule has 1 aromatic carbocycles. The largest absolute Gasteiger partial charge is 0.495 e. The topological polar surface area (TPSA) is 97.0 Å². The van der Waals surface area contributed by atoms with Crippen molar-refractivity contribution in [2.45, 2.75) is 39.7 Å². The first kappa shape index (κ1) is 19.9. The molecule has 2 rings (SSSR count). The Kier molecular flexibility index (Phi) is 6.74. The van der Waals surface area contributed by atoms with Gasteiger partial charge in [-0.1, -0.05) is 25.4 Å². The molecule has 0 bridgehead atoms. The third-order valence-electron chi connectivity index (χ3n) is 4.27. The molecule has 1 unspecified atom stereocenters. The first-order valence-corrected chi connectivity index (χ1v) is 8.90. The Morgan fingerprint density at radius 2 is 2.00 bits per heavy atom. The average Bonchev–Trinajstić information content (AvgIpc) is 2.62. The predicted molar refractivity (Wildman–Crippen MR) is 100 cm³/mol. The molecule has 2 N–H and O–H groups in total. The van der Waals surface area contributed by atoms with Gasteiger partial charge in [0.15, 0.2) is 11.5 Å². The minimum atomic E-state index is -0.534. The zero-order valence-electron chi connectivity index (χ0n) is 15.3. The van der Waals surface area contributed by atoms with E-state index in [-0.39, 0.29) is 17.5 Å². The third-order valence-corrected chi connectivity index (χ3v) is 4.57. The van der Waals surface area contributed by atoms with Crippen LogP contribution in [-0.4, -0.2) is 28.2 Å². The van der Waals surface area contributed by atoms with E-state index < -0.39 is 11.6 Å². The average molecular weight is 379 g/mol. The molecule has 0 fully saturated rings. The molecule has 2 aromatic rings. The molecule has 1 aromatic heterocycles. The van der Waals surface area contributed by atoms with E-state index in [1.807, 2.05) is 13.8 Å². The number of ether oxygens (including phenoxy) is 1. The van der Waals surface area contributed by atoms with Gasteiger partial charge in [-0.15, -0.1) is 10.2 Å². The summed E-state index contributed by atoms with van der Waals surface area (Å²) < 4.78 is 5.10. The highest BCUT2D eigenvalue weighted by Gasteiger charge is 2.20. The van der Waals surface area contributed by atoms with E-state index in [4.69, 9.17) is 16.3 Å². The van der Waals surface area contributed by atoms with Crippen molar-refractivity contribution in [2.24, 2.45) is 5.92 Å². The molecule has 1 heterocycles. The summed E-state index contributed by atoms with van der Waals surface area (Å²) in [6.07, 6.45) is 1.49. The number of hydrogen-bond donors (Lipinski definition) is 2. The van der Waals surface area contributed by atoms with Crippen molar-refractivity contribution < 1.29 is 9.53 Å². The van der Waals surface area contributed by atoms with Crippen LogP contribution in [0.3, 0.4) is 0 Å². The summed E-state index contributed by atoms with van der Waals surface area (Å²) in [5.41, 5.74) is 0.368. The molecule has 0 radical (unpaired) electrons. The number of halogens is 1. The van der Waals surface area contributed by atoms with Crippen LogP contribution < -0.4 is 15.6 Å². The molecule has 26 heavy (non-hydrogen) atoms. The number of nitrogens with zero attached hydrogens (tertiary/aromatic N) is 2. The van der Waals surface area contributed by atoms with Crippen LogP contribution in [0, 0.1) is 5.92 Å². The van der Waals surface area contributed by atoms with Crippen LogP contribution in [-0.2, 0) is 4.79 Å². The normalized spacial score (nSPS) is 12.1. The van der Waals surface area contributed by atoms with Crippen molar-refractivity contribution in [3.05, 3.63) is 39.3 Å². The SMILES string of the molecule is CCC(CC)C(=O)NC(C)c1nnc(-c2ccc(OC)c(Cl)c2)[nH]c1=O. The Morgan fingerprint density at radius 1 is 1.31 bits per heavy atom. The smallest absolute Gasteiger partial charge is 0.275 e. The molecule has 0 aliphatic rings. The fraction of sp³-hybridized carbons (Fsp3) is 0.444. The van der Waals surface area contributed by atoms with Gasteiger partial charge in [0.25, 0.3) is 5.56 Å². The summed E-state index contributed by atoms with van der Waals surface area (Å²) in [4.78, 5) is 27.3. The van der Waals surface area contributed by atoms with Crippen molar-refractivity contribution in [1.29, 1.82) is 0 Å². The highest BCUT2D eigenvalue weighted by molar-refractivity contribution is 6.32. The molecule has 0 saturated heterocycles. The second kappa shape index (κ2) is 8.80. The lowest BCUT2D eigenvalue weighted by Crippen LogP contribution is -2.35. The van der Waals surface area contributed by atoms with Crippen LogP contribution in [0.25, 0.3) is 11.4 Å². The monoisotopic (exact) mass is 378 g/mol. The molecule has 8 heteroatoms. The van der Waals surface area contributed by atoms with Crippen LogP contribution in [0.2, 0.25) is 5.02 Å². The lowest BCUT2D eigenvalue weighted by atomic mass is 10.0. The first-order chi connectivity index (χ1) is 12.4. The summed E-state index contributed by atoms with van der Waals surface area (Å²) in [5.74, 6) is 0.654. The molecule has 0 aliphatic carbocycles. The van der Waals surface area contributed by atoms with Crippen molar-refractivity contribution in [3.63, 3.8) is 0 Å². The Bertz CT molecular complexity index is 833. The number of nitrogens with one attached hydrogen (secondary N) is 2. The van der Waals surface area contributed by atoms with Crippen LogP contribution in [0.15, 0.2) is 23.0 Å². The van der Waals surface area contributed by atoms with E-state index >= 15 is 0 Å². The molecule has 0 aliphatic heterocycles. The Morgan fingerprint density at radius 3 is 2.54 bits per heavy atom. The van der Waals surface area contributed by atoms with Gasteiger partial charge in [-0.2, -0.15) is 0 Å². The van der Waals surface area contributed by atoms with Crippen LogP contribution in [0.1, 0.15) is 45.3 Å². The van der Waals surface area contributed by atoms with Gasteiger partial charge in [-0.25, -0.2) is 0 Å². The minimum Gasteiger partial charge on any atom is -0.495 e. The van der Waals surface area contributed by atoms with Crippen LogP contribution >= 0.6 is 11.6 Å². The maximum Gasteiger partial charge on any atom is 0.275 e. The minimum absolute atomic E-state index is 0.0785. The van der Waals surface area contributed by atoms with Gasteiger partial charge in [0.2, 0.25) is 5.91 Å². The van der Waals surface area contributed by atoms with E-state index in [1.165, 1.54) is 7.11 Å². The summed E-state index contributed by atoms with van der Waals surface area (Å²) >= 11 is 6.10. The fourth-order valence-corrected chi connectivity index (χ4v) is 2.89. The Hall–Kier alpha value is -2.41. The van der Waals surface area contributed by atoms with Crippen LogP contribution in [0.5, 0.6) is 5.75 Å². The number of benzene rings is 1. The Labute approximate surface area is 157 Å². The van der Waals surface area contributed by atoms with E-state index in [2.05, 4.69) is 20.5 Å². The summed E-state index contributed by atoms with van der Waals surface area (Å²) in [5, 5.41) is 11.3. The molecule has 0 spiro atoms. The standard InChI is InChI=1S/C18H23ClN4O3/c1-5-11(6-2)17(24)20-10(3)15-18(25)21-16(23-22-15)12-7-8-14(26-4)13(19)9-12/h7-11H,5-6H2,1-4H3,(H,20,24)(H,21,23,25). The molecular formula is C18H23ClN4O3. The second-order valence-corrected chi connectivity index (χ2v) is 6.39. The van der Waals surface area contributed by atoms with Gasteiger partial charge in [-0.3, -0.25) is 9.59 Å². The number of hydrogen-bond acceptors (Lipinski definition) is 5. The molecule has 140 valence electrons. The first-order valence-electron chi connectivity index (χ1n) is 8.52. The van der Waals surface area contributed by atoms with E-state index in [0.717, 1.165) is 12.8 Å². The number of aromatic nitrogens is 3. The quantitative estimate of drug-likeness (QED) is 0.771.